The van der Waals surface area contributed by atoms with E-state index in [2.05, 4.69) is 9.73 Å². The van der Waals surface area contributed by atoms with Gasteiger partial charge in [-0.25, -0.2) is 14.6 Å². The minimum Gasteiger partial charge on any atom is -0.511 e. The number of carbonyl (C=O) groups excluding carboxylic acids is 2. The smallest absolute Gasteiger partial charge is 0.343 e. The first-order valence-electron chi connectivity index (χ1n) is 6.84. The number of thiophene rings is 1. The van der Waals surface area contributed by atoms with E-state index in [9.17, 15) is 14.7 Å². The molecule has 1 heterocycles. The molecule has 0 aromatic carbocycles. The molecule has 1 aromatic heterocycles. The van der Waals surface area contributed by atoms with Gasteiger partial charge in [0.2, 0.25) is 0 Å². The lowest BCUT2D eigenvalue weighted by Gasteiger charge is -2.05. The van der Waals surface area contributed by atoms with Crippen LogP contribution < -0.4 is 0 Å². The predicted molar refractivity (Wildman–Crippen MR) is 85.0 cm³/mol. The third-order valence-corrected chi connectivity index (χ3v) is 3.47. The average Bonchev–Trinajstić information content (AvgIpc) is 2.95. The van der Waals surface area contributed by atoms with Gasteiger partial charge in [0.15, 0.2) is 0 Å². The number of aliphatic hydroxyl groups excluding tert-OH is 1. The molecule has 0 saturated carbocycles. The lowest BCUT2D eigenvalue weighted by atomic mass is 10.2. The Hall–Kier alpha value is -2.15. The highest BCUT2D eigenvalue weighted by Crippen LogP contribution is 2.27. The van der Waals surface area contributed by atoms with Gasteiger partial charge in [0.05, 0.1) is 19.3 Å². The van der Waals surface area contributed by atoms with Crippen LogP contribution in [0.4, 0.5) is 5.00 Å². The van der Waals surface area contributed by atoms with Gasteiger partial charge in [0.1, 0.15) is 16.3 Å². The molecule has 0 saturated heterocycles. The maximum atomic E-state index is 11.9. The molecule has 0 amide bonds. The molecule has 0 unspecified atom stereocenters. The lowest BCUT2D eigenvalue weighted by molar-refractivity contribution is -0.138. The van der Waals surface area contributed by atoms with Crippen LogP contribution in [0.5, 0.6) is 0 Å². The summed E-state index contributed by atoms with van der Waals surface area (Å²) in [4.78, 5) is 27.6. The molecule has 0 fully saturated rings. The van der Waals surface area contributed by atoms with Crippen molar-refractivity contribution in [3.05, 3.63) is 28.3 Å². The van der Waals surface area contributed by atoms with E-state index in [1.54, 1.807) is 18.4 Å². The van der Waals surface area contributed by atoms with Crippen molar-refractivity contribution in [1.29, 1.82) is 0 Å². The molecule has 120 valence electrons. The number of rotatable bonds is 7. The Morgan fingerprint density at radius 2 is 2.14 bits per heavy atom. The van der Waals surface area contributed by atoms with Crippen molar-refractivity contribution in [1.82, 2.24) is 0 Å². The molecule has 22 heavy (non-hydrogen) atoms. The van der Waals surface area contributed by atoms with Crippen LogP contribution in [0, 0.1) is 0 Å². The SMILES string of the molecule is CCC/C(O)=C(/C=N/c1sccc1C(=O)OC)C(=O)OCC. The number of allylic oxidation sites excluding steroid dienone is 1. The molecule has 0 aliphatic heterocycles. The molecule has 1 aromatic rings. The normalized spacial score (nSPS) is 12.1. The molecule has 0 radical (unpaired) electrons. The van der Waals surface area contributed by atoms with Crippen molar-refractivity contribution >= 4 is 34.5 Å². The molecular weight excluding hydrogens is 306 g/mol. The van der Waals surface area contributed by atoms with Crippen LogP contribution >= 0.6 is 11.3 Å². The van der Waals surface area contributed by atoms with Gasteiger partial charge in [-0.05, 0) is 24.8 Å². The Bertz CT molecular complexity index is 589. The molecule has 1 N–H and O–H groups in total. The first-order valence-corrected chi connectivity index (χ1v) is 7.72. The topological polar surface area (TPSA) is 85.2 Å². The van der Waals surface area contributed by atoms with Crippen molar-refractivity contribution in [2.75, 3.05) is 13.7 Å². The standard InChI is InChI=1S/C15H19NO5S/c1-4-6-12(17)11(15(19)21-5-2)9-16-13-10(7-8-22-13)14(18)20-3/h7-9,17H,4-6H2,1-3H3/b12-11+,16-9+. The number of carbonyl (C=O) groups is 2. The van der Waals surface area contributed by atoms with Gasteiger partial charge in [0.25, 0.3) is 0 Å². The summed E-state index contributed by atoms with van der Waals surface area (Å²) in [7, 11) is 1.28. The van der Waals surface area contributed by atoms with Crippen molar-refractivity contribution in [3.8, 4) is 0 Å². The van der Waals surface area contributed by atoms with E-state index in [1.165, 1.54) is 24.7 Å². The monoisotopic (exact) mass is 325 g/mol. The Labute approximate surface area is 133 Å². The van der Waals surface area contributed by atoms with Gasteiger partial charge in [-0.1, -0.05) is 6.92 Å². The molecule has 0 aliphatic carbocycles. The van der Waals surface area contributed by atoms with E-state index in [0.29, 0.717) is 23.4 Å². The fourth-order valence-electron chi connectivity index (χ4n) is 1.62. The van der Waals surface area contributed by atoms with E-state index < -0.39 is 11.9 Å². The summed E-state index contributed by atoms with van der Waals surface area (Å²) in [6, 6.07) is 1.59. The molecular formula is C15H19NO5S. The maximum absolute atomic E-state index is 11.9. The van der Waals surface area contributed by atoms with Gasteiger partial charge < -0.3 is 14.6 Å². The second-order valence-electron chi connectivity index (χ2n) is 4.22. The largest absolute Gasteiger partial charge is 0.511 e. The molecule has 1 rings (SSSR count). The van der Waals surface area contributed by atoms with Gasteiger partial charge in [-0.2, -0.15) is 0 Å². The van der Waals surface area contributed by atoms with Crippen LogP contribution in [0.3, 0.4) is 0 Å². The summed E-state index contributed by atoms with van der Waals surface area (Å²) in [6.45, 7) is 3.75. The third kappa shape index (κ3) is 4.70. The zero-order chi connectivity index (χ0) is 16.5. The van der Waals surface area contributed by atoms with Crippen LogP contribution in [-0.2, 0) is 14.3 Å². The molecule has 0 spiro atoms. The van der Waals surface area contributed by atoms with Gasteiger partial charge in [-0.15, -0.1) is 11.3 Å². The number of methoxy groups -OCH3 is 1. The summed E-state index contributed by atoms with van der Waals surface area (Å²) in [5.41, 5.74) is 0.301. The fraction of sp³-hybridized carbons (Fsp3) is 0.400. The van der Waals surface area contributed by atoms with Gasteiger partial charge >= 0.3 is 11.9 Å². The first kappa shape index (κ1) is 17.9. The quantitative estimate of drug-likeness (QED) is 0.359. The second-order valence-corrected chi connectivity index (χ2v) is 5.11. The van der Waals surface area contributed by atoms with Crippen LogP contribution in [0.15, 0.2) is 27.8 Å². The third-order valence-electron chi connectivity index (χ3n) is 2.65. The Morgan fingerprint density at radius 1 is 1.41 bits per heavy atom. The highest BCUT2D eigenvalue weighted by molar-refractivity contribution is 7.14. The molecule has 0 atom stereocenters. The minimum absolute atomic E-state index is 0.00656. The summed E-state index contributed by atoms with van der Waals surface area (Å²) in [5, 5.41) is 12.1. The summed E-state index contributed by atoms with van der Waals surface area (Å²) in [5.74, 6) is -1.23. The zero-order valence-electron chi connectivity index (χ0n) is 12.8. The molecule has 6 nitrogen and oxygen atoms in total. The van der Waals surface area contributed by atoms with Crippen molar-refractivity contribution < 1.29 is 24.2 Å². The van der Waals surface area contributed by atoms with E-state index >= 15 is 0 Å². The number of aliphatic hydroxyl groups is 1. The number of aliphatic imine (C=N–C) groups is 1. The average molecular weight is 325 g/mol. The van der Waals surface area contributed by atoms with Crippen LogP contribution in [0.25, 0.3) is 0 Å². The summed E-state index contributed by atoms with van der Waals surface area (Å²) >= 11 is 1.23. The number of hydrogen-bond donors (Lipinski definition) is 1. The van der Waals surface area contributed by atoms with Crippen LogP contribution in [0.2, 0.25) is 0 Å². The van der Waals surface area contributed by atoms with E-state index in [1.807, 2.05) is 6.92 Å². The summed E-state index contributed by atoms with van der Waals surface area (Å²) < 4.78 is 9.56. The first-order chi connectivity index (χ1) is 10.5. The van der Waals surface area contributed by atoms with Gasteiger partial charge in [0, 0.05) is 12.6 Å². The van der Waals surface area contributed by atoms with Crippen molar-refractivity contribution in [2.24, 2.45) is 4.99 Å². The van der Waals surface area contributed by atoms with E-state index in [-0.39, 0.29) is 17.9 Å². The number of ether oxygens (including phenoxy) is 2. The number of nitrogens with zero attached hydrogens (tertiary/aromatic N) is 1. The summed E-state index contributed by atoms with van der Waals surface area (Å²) in [6.07, 6.45) is 2.24. The minimum atomic E-state index is -0.645. The van der Waals surface area contributed by atoms with Crippen LogP contribution in [0.1, 0.15) is 37.0 Å². The second kappa shape index (κ2) is 8.99. The maximum Gasteiger partial charge on any atom is 0.343 e. The number of esters is 2. The van der Waals surface area contributed by atoms with Crippen LogP contribution in [-0.4, -0.2) is 37.0 Å². The van der Waals surface area contributed by atoms with Crippen molar-refractivity contribution in [3.63, 3.8) is 0 Å². The highest BCUT2D eigenvalue weighted by Gasteiger charge is 2.16. The highest BCUT2D eigenvalue weighted by atomic mass is 32.1. The Morgan fingerprint density at radius 3 is 2.73 bits per heavy atom. The van der Waals surface area contributed by atoms with E-state index in [0.717, 1.165) is 0 Å². The molecule has 7 heteroatoms. The molecule has 0 bridgehead atoms. The fourth-order valence-corrected chi connectivity index (χ4v) is 2.34. The van der Waals surface area contributed by atoms with Crippen molar-refractivity contribution in [2.45, 2.75) is 26.7 Å². The van der Waals surface area contributed by atoms with Gasteiger partial charge in [-0.3, -0.25) is 0 Å². The predicted octanol–water partition coefficient (Wildman–Crippen LogP) is 3.41. The molecule has 0 aliphatic rings. The number of hydrogen-bond acceptors (Lipinski definition) is 7. The van der Waals surface area contributed by atoms with E-state index in [4.69, 9.17) is 4.74 Å². The lowest BCUT2D eigenvalue weighted by Crippen LogP contribution is -2.11. The Kier molecular flexibility index (Phi) is 7.31. The Balaban J connectivity index is 3.09. The zero-order valence-corrected chi connectivity index (χ0v) is 13.6.